The Morgan fingerprint density at radius 2 is 1.78 bits per heavy atom. The standard InChI is InChI=1S/C20H26N2O/c1-21-14-8-13-19(21)16-22(15-17-9-4-2-5-10-17)20(23)18-11-6-3-7-12-18/h2,4-5,8-10,13-14,18H,3,6-7,11-12,15-16H2,1H3. The van der Waals surface area contributed by atoms with Gasteiger partial charge >= 0.3 is 0 Å². The van der Waals surface area contributed by atoms with Gasteiger partial charge in [-0.2, -0.15) is 0 Å². The van der Waals surface area contributed by atoms with Crippen LogP contribution in [0.15, 0.2) is 48.7 Å². The van der Waals surface area contributed by atoms with Crippen molar-refractivity contribution in [3.8, 4) is 0 Å². The average molecular weight is 310 g/mol. The molecule has 0 unspecified atom stereocenters. The monoisotopic (exact) mass is 310 g/mol. The van der Waals surface area contributed by atoms with E-state index in [0.29, 0.717) is 19.0 Å². The second kappa shape index (κ2) is 7.49. The fraction of sp³-hybridized carbons (Fsp3) is 0.450. The molecule has 3 heteroatoms. The minimum Gasteiger partial charge on any atom is -0.353 e. The van der Waals surface area contributed by atoms with E-state index in [-0.39, 0.29) is 5.92 Å². The summed E-state index contributed by atoms with van der Waals surface area (Å²) in [5, 5.41) is 0. The number of amides is 1. The lowest BCUT2D eigenvalue weighted by Gasteiger charge is -2.29. The fourth-order valence-electron chi connectivity index (χ4n) is 3.48. The highest BCUT2D eigenvalue weighted by Gasteiger charge is 2.26. The van der Waals surface area contributed by atoms with Crippen LogP contribution in [0.5, 0.6) is 0 Å². The van der Waals surface area contributed by atoms with Crippen LogP contribution in [0.25, 0.3) is 0 Å². The van der Waals surface area contributed by atoms with Gasteiger partial charge in [0, 0.05) is 31.4 Å². The van der Waals surface area contributed by atoms with E-state index in [1.54, 1.807) is 0 Å². The first-order valence-electron chi connectivity index (χ1n) is 8.67. The van der Waals surface area contributed by atoms with Crippen LogP contribution < -0.4 is 0 Å². The van der Waals surface area contributed by atoms with Crippen LogP contribution in [-0.4, -0.2) is 15.4 Å². The molecule has 1 aromatic carbocycles. The van der Waals surface area contributed by atoms with E-state index in [1.807, 2.05) is 42.4 Å². The van der Waals surface area contributed by atoms with Gasteiger partial charge in [-0.05, 0) is 30.5 Å². The third-order valence-electron chi connectivity index (χ3n) is 4.89. The second-order valence-electron chi connectivity index (χ2n) is 6.63. The molecule has 3 rings (SSSR count). The van der Waals surface area contributed by atoms with Crippen molar-refractivity contribution in [1.29, 1.82) is 0 Å². The summed E-state index contributed by atoms with van der Waals surface area (Å²) in [6, 6.07) is 14.5. The Balaban J connectivity index is 1.77. The molecule has 1 aliphatic rings. The summed E-state index contributed by atoms with van der Waals surface area (Å²) >= 11 is 0. The molecule has 3 nitrogen and oxygen atoms in total. The summed E-state index contributed by atoms with van der Waals surface area (Å²) in [5.41, 5.74) is 2.39. The molecular formula is C20H26N2O. The molecule has 0 radical (unpaired) electrons. The number of rotatable bonds is 5. The molecule has 0 bridgehead atoms. The van der Waals surface area contributed by atoms with Crippen molar-refractivity contribution in [2.24, 2.45) is 13.0 Å². The van der Waals surface area contributed by atoms with Gasteiger partial charge in [-0.3, -0.25) is 4.79 Å². The molecule has 0 saturated heterocycles. The van der Waals surface area contributed by atoms with Crippen LogP contribution in [0.4, 0.5) is 0 Å². The van der Waals surface area contributed by atoms with Gasteiger partial charge in [0.15, 0.2) is 0 Å². The van der Waals surface area contributed by atoms with Gasteiger partial charge in [0.25, 0.3) is 0 Å². The molecule has 1 aromatic heterocycles. The van der Waals surface area contributed by atoms with Crippen molar-refractivity contribution >= 4 is 5.91 Å². The highest BCUT2D eigenvalue weighted by molar-refractivity contribution is 5.78. The maximum Gasteiger partial charge on any atom is 0.226 e. The van der Waals surface area contributed by atoms with Crippen LogP contribution >= 0.6 is 0 Å². The zero-order valence-electron chi connectivity index (χ0n) is 13.9. The van der Waals surface area contributed by atoms with E-state index in [0.717, 1.165) is 12.8 Å². The van der Waals surface area contributed by atoms with E-state index in [4.69, 9.17) is 0 Å². The summed E-state index contributed by atoms with van der Waals surface area (Å²) in [5.74, 6) is 0.544. The molecule has 122 valence electrons. The lowest BCUT2D eigenvalue weighted by Crippen LogP contribution is -2.36. The Labute approximate surface area is 138 Å². The molecule has 0 spiro atoms. The minimum absolute atomic E-state index is 0.215. The van der Waals surface area contributed by atoms with Gasteiger partial charge in [-0.25, -0.2) is 0 Å². The maximum absolute atomic E-state index is 13.1. The molecule has 1 amide bonds. The third-order valence-corrected chi connectivity index (χ3v) is 4.89. The number of nitrogens with zero attached hydrogens (tertiary/aromatic N) is 2. The lowest BCUT2D eigenvalue weighted by atomic mass is 9.88. The number of hydrogen-bond acceptors (Lipinski definition) is 1. The van der Waals surface area contributed by atoms with E-state index in [9.17, 15) is 4.79 Å². The summed E-state index contributed by atoms with van der Waals surface area (Å²) in [7, 11) is 2.04. The van der Waals surface area contributed by atoms with Gasteiger partial charge in [0.05, 0.1) is 6.54 Å². The Hall–Kier alpha value is -2.03. The van der Waals surface area contributed by atoms with Crippen molar-refractivity contribution in [2.75, 3.05) is 0 Å². The number of aryl methyl sites for hydroxylation is 1. The van der Waals surface area contributed by atoms with Crippen LogP contribution in [0.2, 0.25) is 0 Å². The zero-order valence-corrected chi connectivity index (χ0v) is 13.9. The zero-order chi connectivity index (χ0) is 16.1. The molecule has 1 heterocycles. The van der Waals surface area contributed by atoms with E-state index >= 15 is 0 Å². The summed E-state index contributed by atoms with van der Waals surface area (Å²) < 4.78 is 2.10. The molecule has 0 aliphatic heterocycles. The smallest absolute Gasteiger partial charge is 0.226 e. The SMILES string of the molecule is Cn1cccc1CN(Cc1ccccc1)C(=O)C1CCCCC1. The van der Waals surface area contributed by atoms with Crippen molar-refractivity contribution in [3.05, 3.63) is 59.9 Å². The predicted molar refractivity (Wildman–Crippen MR) is 92.7 cm³/mol. The molecule has 2 aromatic rings. The molecule has 1 aliphatic carbocycles. The second-order valence-corrected chi connectivity index (χ2v) is 6.63. The van der Waals surface area contributed by atoms with Crippen LogP contribution in [0.3, 0.4) is 0 Å². The number of benzene rings is 1. The first kappa shape index (κ1) is 15.9. The molecular weight excluding hydrogens is 284 g/mol. The molecule has 1 saturated carbocycles. The largest absolute Gasteiger partial charge is 0.353 e. The normalized spacial score (nSPS) is 15.5. The Morgan fingerprint density at radius 1 is 1.04 bits per heavy atom. The van der Waals surface area contributed by atoms with Gasteiger partial charge in [-0.15, -0.1) is 0 Å². The van der Waals surface area contributed by atoms with Crippen LogP contribution in [0, 0.1) is 5.92 Å². The van der Waals surface area contributed by atoms with E-state index in [1.165, 1.54) is 30.5 Å². The Morgan fingerprint density at radius 3 is 2.43 bits per heavy atom. The summed E-state index contributed by atoms with van der Waals surface area (Å²) in [6.45, 7) is 1.38. The third kappa shape index (κ3) is 4.04. The Kier molecular flexibility index (Phi) is 5.16. The molecule has 1 fully saturated rings. The topological polar surface area (TPSA) is 25.2 Å². The van der Waals surface area contributed by atoms with Crippen molar-refractivity contribution in [3.63, 3.8) is 0 Å². The van der Waals surface area contributed by atoms with Gasteiger partial charge in [0.1, 0.15) is 0 Å². The fourth-order valence-corrected chi connectivity index (χ4v) is 3.48. The highest BCUT2D eigenvalue weighted by Crippen LogP contribution is 2.26. The van der Waals surface area contributed by atoms with Crippen molar-refractivity contribution in [1.82, 2.24) is 9.47 Å². The quantitative estimate of drug-likeness (QED) is 0.815. The number of hydrogen-bond donors (Lipinski definition) is 0. The first-order chi connectivity index (χ1) is 11.2. The highest BCUT2D eigenvalue weighted by atomic mass is 16.2. The number of carbonyl (C=O) groups is 1. The maximum atomic E-state index is 13.1. The van der Waals surface area contributed by atoms with Crippen LogP contribution in [0.1, 0.15) is 43.4 Å². The molecule has 23 heavy (non-hydrogen) atoms. The van der Waals surface area contributed by atoms with Crippen molar-refractivity contribution in [2.45, 2.75) is 45.2 Å². The van der Waals surface area contributed by atoms with E-state index < -0.39 is 0 Å². The number of carbonyl (C=O) groups excluding carboxylic acids is 1. The van der Waals surface area contributed by atoms with E-state index in [2.05, 4.69) is 22.8 Å². The number of aromatic nitrogens is 1. The van der Waals surface area contributed by atoms with Crippen molar-refractivity contribution < 1.29 is 4.79 Å². The first-order valence-corrected chi connectivity index (χ1v) is 8.67. The molecule has 0 N–H and O–H groups in total. The predicted octanol–water partition coefficient (Wildman–Crippen LogP) is 4.13. The van der Waals surface area contributed by atoms with Gasteiger partial charge in [-0.1, -0.05) is 49.6 Å². The summed E-state index contributed by atoms with van der Waals surface area (Å²) in [6.07, 6.45) is 7.81. The average Bonchev–Trinajstić information content (AvgIpc) is 3.00. The van der Waals surface area contributed by atoms with Gasteiger partial charge < -0.3 is 9.47 Å². The molecule has 0 atom stereocenters. The minimum atomic E-state index is 0.215. The van der Waals surface area contributed by atoms with Crippen LogP contribution in [-0.2, 0) is 24.9 Å². The van der Waals surface area contributed by atoms with Gasteiger partial charge in [0.2, 0.25) is 5.91 Å². The summed E-state index contributed by atoms with van der Waals surface area (Å²) in [4.78, 5) is 15.1. The lowest BCUT2D eigenvalue weighted by molar-refractivity contribution is -0.138. The Bertz CT molecular complexity index is 626.